The standard InChI is InChI=1S/C5H2Cl2N4/c6-3-2-4(9-1-8-2)11-5(7)10-3/h1-2H. The van der Waals surface area contributed by atoms with Crippen molar-refractivity contribution in [2.45, 2.75) is 6.04 Å². The van der Waals surface area contributed by atoms with Crippen molar-refractivity contribution in [1.82, 2.24) is 0 Å². The third kappa shape index (κ3) is 1.08. The number of fused-ring (bicyclic) bond motifs is 1. The second kappa shape index (κ2) is 2.39. The minimum Gasteiger partial charge on any atom is -0.255 e. The van der Waals surface area contributed by atoms with E-state index in [2.05, 4.69) is 20.0 Å². The molecule has 0 saturated carbocycles. The fourth-order valence-corrected chi connectivity index (χ4v) is 1.28. The summed E-state index contributed by atoms with van der Waals surface area (Å²) in [7, 11) is 0. The highest BCUT2D eigenvalue weighted by Gasteiger charge is 2.26. The molecule has 0 N–H and O–H groups in total. The smallest absolute Gasteiger partial charge is 0.225 e. The lowest BCUT2D eigenvalue weighted by molar-refractivity contribution is 1.16. The van der Waals surface area contributed by atoms with Gasteiger partial charge in [-0.1, -0.05) is 11.6 Å². The first-order chi connectivity index (χ1) is 5.27. The molecule has 11 heavy (non-hydrogen) atoms. The number of aliphatic imine (C=N–C) groups is 4. The van der Waals surface area contributed by atoms with Crippen molar-refractivity contribution < 1.29 is 0 Å². The van der Waals surface area contributed by atoms with Crippen LogP contribution >= 0.6 is 23.2 Å². The van der Waals surface area contributed by atoms with Gasteiger partial charge < -0.3 is 0 Å². The number of halogens is 2. The molecule has 0 aromatic rings. The van der Waals surface area contributed by atoms with Gasteiger partial charge >= 0.3 is 0 Å². The van der Waals surface area contributed by atoms with E-state index in [1.165, 1.54) is 6.34 Å². The van der Waals surface area contributed by atoms with E-state index in [0.717, 1.165) is 0 Å². The molecule has 0 aromatic heterocycles. The first kappa shape index (κ1) is 6.94. The highest BCUT2D eigenvalue weighted by atomic mass is 35.5. The zero-order valence-electron chi connectivity index (χ0n) is 5.20. The Kier molecular flexibility index (Phi) is 1.51. The summed E-state index contributed by atoms with van der Waals surface area (Å²) in [5, 5.41) is 0.424. The Labute approximate surface area is 72.4 Å². The maximum atomic E-state index is 5.70. The number of hydrogen-bond donors (Lipinski definition) is 0. The summed E-state index contributed by atoms with van der Waals surface area (Å²) >= 11 is 11.2. The van der Waals surface area contributed by atoms with E-state index in [1.54, 1.807) is 0 Å². The molecule has 2 rings (SSSR count). The van der Waals surface area contributed by atoms with Crippen LogP contribution in [-0.2, 0) is 0 Å². The molecule has 4 nitrogen and oxygen atoms in total. The average molecular weight is 189 g/mol. The Bertz CT molecular complexity index is 314. The van der Waals surface area contributed by atoms with E-state index in [9.17, 15) is 0 Å². The first-order valence-corrected chi connectivity index (χ1v) is 3.60. The van der Waals surface area contributed by atoms with Gasteiger partial charge in [-0.2, -0.15) is 4.99 Å². The SMILES string of the molecule is ClC1=NC2=NC=NC2C(Cl)=N1. The van der Waals surface area contributed by atoms with Crippen molar-refractivity contribution in [2.75, 3.05) is 0 Å². The summed E-state index contributed by atoms with van der Waals surface area (Å²) < 4.78 is 0. The number of rotatable bonds is 0. The van der Waals surface area contributed by atoms with Crippen LogP contribution in [0.4, 0.5) is 0 Å². The molecule has 0 bridgehead atoms. The molecule has 2 aliphatic heterocycles. The summed E-state index contributed by atoms with van der Waals surface area (Å²) in [6.07, 6.45) is 1.40. The lowest BCUT2D eigenvalue weighted by Crippen LogP contribution is -2.25. The Hall–Kier alpha value is -0.740. The Morgan fingerprint density at radius 2 is 2.09 bits per heavy atom. The van der Waals surface area contributed by atoms with Crippen LogP contribution in [0.2, 0.25) is 0 Å². The van der Waals surface area contributed by atoms with Crippen LogP contribution in [0.25, 0.3) is 0 Å². The summed E-state index contributed by atoms with van der Waals surface area (Å²) in [6, 6.07) is -0.320. The van der Waals surface area contributed by atoms with Crippen molar-refractivity contribution in [3.63, 3.8) is 0 Å². The normalized spacial score (nSPS) is 27.5. The first-order valence-electron chi connectivity index (χ1n) is 2.85. The molecule has 56 valence electrons. The maximum Gasteiger partial charge on any atom is 0.225 e. The van der Waals surface area contributed by atoms with Gasteiger partial charge in [-0.25, -0.2) is 9.98 Å². The molecule has 2 heterocycles. The van der Waals surface area contributed by atoms with Crippen LogP contribution in [0, 0.1) is 0 Å². The van der Waals surface area contributed by atoms with Crippen LogP contribution in [0.1, 0.15) is 0 Å². The Morgan fingerprint density at radius 1 is 1.27 bits per heavy atom. The van der Waals surface area contributed by atoms with Gasteiger partial charge in [-0.15, -0.1) is 0 Å². The largest absolute Gasteiger partial charge is 0.255 e. The molecule has 0 fully saturated rings. The predicted octanol–water partition coefficient (Wildman–Crippen LogP) is 1.04. The van der Waals surface area contributed by atoms with E-state index in [0.29, 0.717) is 11.0 Å². The maximum absolute atomic E-state index is 5.70. The molecular formula is C5H2Cl2N4. The molecule has 0 aliphatic carbocycles. The lowest BCUT2D eigenvalue weighted by Gasteiger charge is -2.08. The third-order valence-electron chi connectivity index (χ3n) is 1.28. The molecule has 2 aliphatic rings. The minimum atomic E-state index is -0.320. The van der Waals surface area contributed by atoms with Gasteiger partial charge in [-0.3, -0.25) is 4.99 Å². The molecule has 0 spiro atoms. The van der Waals surface area contributed by atoms with Crippen LogP contribution in [0.15, 0.2) is 20.0 Å². The minimum absolute atomic E-state index is 0.107. The summed E-state index contributed by atoms with van der Waals surface area (Å²) in [6.45, 7) is 0. The molecule has 0 saturated heterocycles. The van der Waals surface area contributed by atoms with Crippen LogP contribution < -0.4 is 0 Å². The van der Waals surface area contributed by atoms with E-state index >= 15 is 0 Å². The predicted molar refractivity (Wildman–Crippen MR) is 46.3 cm³/mol. The monoisotopic (exact) mass is 188 g/mol. The van der Waals surface area contributed by atoms with Crippen molar-refractivity contribution in [3.8, 4) is 0 Å². The van der Waals surface area contributed by atoms with Crippen LogP contribution in [-0.4, -0.2) is 28.7 Å². The Morgan fingerprint density at radius 3 is 2.91 bits per heavy atom. The lowest BCUT2D eigenvalue weighted by atomic mass is 10.3. The molecular weight excluding hydrogens is 187 g/mol. The summed E-state index contributed by atoms with van der Waals surface area (Å²) in [5.74, 6) is 0.509. The highest BCUT2D eigenvalue weighted by molar-refractivity contribution is 6.75. The Balaban J connectivity index is 2.45. The van der Waals surface area contributed by atoms with Gasteiger partial charge in [0.05, 0.1) is 0 Å². The van der Waals surface area contributed by atoms with Gasteiger partial charge in [0.25, 0.3) is 0 Å². The molecule has 1 unspecified atom stereocenters. The quantitative estimate of drug-likeness (QED) is 0.511. The van der Waals surface area contributed by atoms with E-state index in [1.807, 2.05) is 0 Å². The van der Waals surface area contributed by atoms with Crippen LogP contribution in [0.5, 0.6) is 0 Å². The summed E-state index contributed by atoms with van der Waals surface area (Å²) in [4.78, 5) is 15.3. The molecule has 6 heteroatoms. The van der Waals surface area contributed by atoms with Gasteiger partial charge in [0.1, 0.15) is 11.5 Å². The molecule has 0 aromatic carbocycles. The van der Waals surface area contributed by atoms with Crippen molar-refractivity contribution >= 4 is 45.8 Å². The van der Waals surface area contributed by atoms with E-state index < -0.39 is 0 Å². The number of amidine groups is 2. The highest BCUT2D eigenvalue weighted by Crippen LogP contribution is 2.14. The van der Waals surface area contributed by atoms with Gasteiger partial charge in [-0.05, 0) is 11.6 Å². The zero-order chi connectivity index (χ0) is 7.84. The van der Waals surface area contributed by atoms with Crippen molar-refractivity contribution in [3.05, 3.63) is 0 Å². The topological polar surface area (TPSA) is 49.4 Å². The van der Waals surface area contributed by atoms with Gasteiger partial charge in [0.15, 0.2) is 11.9 Å². The second-order valence-electron chi connectivity index (χ2n) is 1.97. The fraction of sp³-hybridized carbons (Fsp3) is 0.200. The molecule has 0 amide bonds. The van der Waals surface area contributed by atoms with E-state index in [-0.39, 0.29) is 11.3 Å². The van der Waals surface area contributed by atoms with Gasteiger partial charge in [0.2, 0.25) is 5.29 Å². The number of nitrogens with zero attached hydrogens (tertiary/aromatic N) is 4. The second-order valence-corrected chi connectivity index (χ2v) is 2.70. The third-order valence-corrected chi connectivity index (χ3v) is 1.74. The molecule has 0 radical (unpaired) electrons. The fourth-order valence-electron chi connectivity index (χ4n) is 0.823. The zero-order valence-corrected chi connectivity index (χ0v) is 6.71. The number of hydrogen-bond acceptors (Lipinski definition) is 4. The van der Waals surface area contributed by atoms with Crippen LogP contribution in [0.3, 0.4) is 0 Å². The van der Waals surface area contributed by atoms with Gasteiger partial charge in [0, 0.05) is 0 Å². The van der Waals surface area contributed by atoms with E-state index in [4.69, 9.17) is 23.2 Å². The average Bonchev–Trinajstić information content (AvgIpc) is 2.34. The summed E-state index contributed by atoms with van der Waals surface area (Å²) in [5.41, 5.74) is 0. The molecule has 1 atom stereocenters. The van der Waals surface area contributed by atoms with Crippen molar-refractivity contribution in [2.24, 2.45) is 20.0 Å². The van der Waals surface area contributed by atoms with Crippen molar-refractivity contribution in [1.29, 1.82) is 0 Å².